The SMILES string of the molecule is c1ccc(-c2ccc(-c3cccc(-n4c5ccccc5c5cc(-n6c7ccccc7c7ccccc76)ccc54)c3)cc2)cc1.c1ccc(-c2ccc(-c3ccccc3-n3c4ccccc4c4cc(-n5c6ccccc6c6ccccc65)ccc43)cc2)cc1.c1ccc(-c2cccc(-c3ccc(-n4c5ccccc5c5cc(-n6c7ccccc7c7ccccc76)ccc54)cc3)c2)cc1. The van der Waals surface area contributed by atoms with Crippen molar-refractivity contribution in [2.45, 2.75) is 0 Å². The third-order valence-electron chi connectivity index (χ3n) is 26.8. The maximum absolute atomic E-state index is 2.43. The fourth-order valence-electron chi connectivity index (χ4n) is 20.7. The number of aromatic nitrogens is 6. The monoisotopic (exact) mass is 1680 g/mol. The molecular weight excluding hydrogens is 1600 g/mol. The van der Waals surface area contributed by atoms with Crippen LogP contribution in [0.25, 0.3) is 232 Å². The molecular formula is C126H84N6. The first kappa shape index (κ1) is 76.8. The number of hydrogen-bond acceptors (Lipinski definition) is 0. The van der Waals surface area contributed by atoms with Gasteiger partial charge in [0.1, 0.15) is 0 Å². The quantitative estimate of drug-likeness (QED) is 0.117. The molecule has 0 amide bonds. The minimum atomic E-state index is 1.16. The Labute approximate surface area is 763 Å². The average Bonchev–Trinajstić information content (AvgIpc) is 1.57. The summed E-state index contributed by atoms with van der Waals surface area (Å²) in [6.07, 6.45) is 0. The number of para-hydroxylation sites is 10. The van der Waals surface area contributed by atoms with E-state index in [0.717, 1.165) is 11.4 Å². The van der Waals surface area contributed by atoms with Gasteiger partial charge in [0, 0.05) is 98.6 Å². The van der Waals surface area contributed by atoms with Crippen LogP contribution in [-0.2, 0) is 0 Å². The fourth-order valence-corrected chi connectivity index (χ4v) is 20.7. The first-order chi connectivity index (χ1) is 65.5. The molecule has 0 N–H and O–H groups in total. The lowest BCUT2D eigenvalue weighted by molar-refractivity contribution is 1.17. The molecule has 6 heterocycles. The minimum Gasteiger partial charge on any atom is -0.309 e. The summed E-state index contributed by atoms with van der Waals surface area (Å²) in [6, 6.07) is 184. The molecule has 0 aliphatic rings. The number of fused-ring (bicyclic) bond motifs is 18. The third kappa shape index (κ3) is 13.2. The van der Waals surface area contributed by atoms with Gasteiger partial charge < -0.3 is 27.4 Å². The molecule has 0 saturated heterocycles. The summed E-state index contributed by atoms with van der Waals surface area (Å²) in [6.45, 7) is 0. The van der Waals surface area contributed by atoms with Gasteiger partial charge in [0.25, 0.3) is 0 Å². The highest BCUT2D eigenvalue weighted by Crippen LogP contribution is 2.45. The van der Waals surface area contributed by atoms with Crippen molar-refractivity contribution in [2.75, 3.05) is 0 Å². The van der Waals surface area contributed by atoms with E-state index in [0.29, 0.717) is 0 Å². The largest absolute Gasteiger partial charge is 0.309 e. The van der Waals surface area contributed by atoms with Crippen LogP contribution in [0.2, 0.25) is 0 Å². The van der Waals surface area contributed by atoms with E-state index >= 15 is 0 Å². The first-order valence-electron chi connectivity index (χ1n) is 45.4. The van der Waals surface area contributed by atoms with Gasteiger partial charge in [-0.05, 0) is 207 Å². The van der Waals surface area contributed by atoms with E-state index in [1.165, 1.54) is 220 Å². The Bertz CT molecular complexity index is 8960. The summed E-state index contributed by atoms with van der Waals surface area (Å²) in [5.74, 6) is 0. The lowest BCUT2D eigenvalue weighted by Crippen LogP contribution is -1.98. The summed E-state index contributed by atoms with van der Waals surface area (Å²) in [7, 11) is 0. The van der Waals surface area contributed by atoms with Crippen LogP contribution in [0.1, 0.15) is 0 Å². The van der Waals surface area contributed by atoms with Crippen LogP contribution < -0.4 is 0 Å². The standard InChI is InChI=1S/3C42H28N2/c1-2-12-29(13-3-1)30-22-24-31(25-23-30)33-14-4-8-18-38(33)44-41-21-11-7-17-36(41)37-28-32(26-27-42(37)44)43-39-19-9-5-15-34(39)35-16-6-10-20-40(35)43;1-2-11-29(12-3-1)31-13-10-14-32(27-31)30-21-23-33(24-22-30)43-41-20-9-6-17-37(41)38-28-34(25-26-42(38)43)44-39-18-7-4-15-35(39)36-16-5-8-19-40(36)44;1-2-11-29(12-3-1)30-21-23-31(24-22-30)32-13-10-14-33(27-32)43-41-20-9-6-17-37(41)38-28-34(25-26-42(38)43)44-39-18-7-4-15-35(39)36-16-5-8-19-40(36)44/h3*1-28H. The Morgan fingerprint density at radius 1 is 0.0985 bits per heavy atom. The Kier molecular flexibility index (Phi) is 18.8. The van der Waals surface area contributed by atoms with Gasteiger partial charge in [-0.15, -0.1) is 0 Å². The second-order valence-electron chi connectivity index (χ2n) is 34.2. The molecule has 618 valence electrons. The highest BCUT2D eigenvalue weighted by Gasteiger charge is 2.23. The second kappa shape index (κ2) is 32.4. The van der Waals surface area contributed by atoms with Crippen LogP contribution in [0.3, 0.4) is 0 Å². The zero-order valence-corrected chi connectivity index (χ0v) is 72.2. The Morgan fingerprint density at radius 2 is 0.303 bits per heavy atom. The maximum Gasteiger partial charge on any atom is 0.0542 e. The van der Waals surface area contributed by atoms with E-state index < -0.39 is 0 Å². The molecule has 6 aromatic heterocycles. The van der Waals surface area contributed by atoms with Gasteiger partial charge in [0.15, 0.2) is 0 Å². The van der Waals surface area contributed by atoms with Crippen LogP contribution in [0.5, 0.6) is 0 Å². The summed E-state index contributed by atoms with van der Waals surface area (Å²) in [5.41, 5.74) is 36.2. The lowest BCUT2D eigenvalue weighted by Gasteiger charge is -2.15. The second-order valence-corrected chi connectivity index (χ2v) is 34.2. The highest BCUT2D eigenvalue weighted by atomic mass is 15.0. The zero-order valence-electron chi connectivity index (χ0n) is 72.2. The Hall–Kier alpha value is -17.6. The molecule has 0 bridgehead atoms. The van der Waals surface area contributed by atoms with Crippen molar-refractivity contribution in [3.8, 4) is 101 Å². The maximum atomic E-state index is 2.43. The van der Waals surface area contributed by atoms with Crippen molar-refractivity contribution in [3.63, 3.8) is 0 Å². The molecule has 6 nitrogen and oxygen atoms in total. The molecule has 0 spiro atoms. The molecule has 27 rings (SSSR count). The summed E-state index contributed by atoms with van der Waals surface area (Å²) >= 11 is 0. The van der Waals surface area contributed by atoms with E-state index in [1.54, 1.807) is 0 Å². The highest BCUT2D eigenvalue weighted by molar-refractivity contribution is 6.16. The van der Waals surface area contributed by atoms with Crippen LogP contribution >= 0.6 is 0 Å². The van der Waals surface area contributed by atoms with Gasteiger partial charge in [0.2, 0.25) is 0 Å². The predicted molar refractivity (Wildman–Crippen MR) is 558 cm³/mol. The van der Waals surface area contributed by atoms with Crippen molar-refractivity contribution in [1.29, 1.82) is 0 Å². The van der Waals surface area contributed by atoms with Crippen molar-refractivity contribution < 1.29 is 0 Å². The predicted octanol–water partition coefficient (Wildman–Crippen LogP) is 33.6. The van der Waals surface area contributed by atoms with Crippen LogP contribution in [0, 0.1) is 0 Å². The number of benzene rings is 21. The molecule has 0 fully saturated rings. The van der Waals surface area contributed by atoms with Gasteiger partial charge in [-0.25, -0.2) is 0 Å². The van der Waals surface area contributed by atoms with Gasteiger partial charge in [-0.2, -0.15) is 0 Å². The normalized spacial score (nSPS) is 11.6. The third-order valence-corrected chi connectivity index (χ3v) is 26.8. The van der Waals surface area contributed by atoms with Gasteiger partial charge >= 0.3 is 0 Å². The van der Waals surface area contributed by atoms with E-state index in [1.807, 2.05) is 0 Å². The Morgan fingerprint density at radius 3 is 0.652 bits per heavy atom. The first-order valence-corrected chi connectivity index (χ1v) is 45.4. The van der Waals surface area contributed by atoms with Gasteiger partial charge in [0.05, 0.1) is 71.9 Å². The molecule has 0 atom stereocenters. The van der Waals surface area contributed by atoms with E-state index in [4.69, 9.17) is 0 Å². The van der Waals surface area contributed by atoms with E-state index in [2.05, 4.69) is 537 Å². The van der Waals surface area contributed by atoms with Crippen LogP contribution in [0.4, 0.5) is 0 Å². The number of hydrogen-bond donors (Lipinski definition) is 0. The fraction of sp³-hybridized carbons (Fsp3) is 0. The van der Waals surface area contributed by atoms with E-state index in [-0.39, 0.29) is 0 Å². The molecule has 0 saturated carbocycles. The molecule has 0 radical (unpaired) electrons. The molecule has 27 aromatic rings. The van der Waals surface area contributed by atoms with Crippen molar-refractivity contribution in [1.82, 2.24) is 27.4 Å². The van der Waals surface area contributed by atoms with Gasteiger partial charge in [-0.3, -0.25) is 0 Å². The van der Waals surface area contributed by atoms with Crippen molar-refractivity contribution in [3.05, 3.63) is 510 Å². The zero-order chi connectivity index (χ0) is 87.1. The molecule has 21 aromatic carbocycles. The number of nitrogens with zero attached hydrogens (tertiary/aromatic N) is 6. The average molecular weight is 1680 g/mol. The van der Waals surface area contributed by atoms with Crippen molar-refractivity contribution >= 4 is 131 Å². The Balaban J connectivity index is 0.000000106. The number of rotatable bonds is 12. The summed E-state index contributed by atoms with van der Waals surface area (Å²) in [5, 5.41) is 15.2. The smallest absolute Gasteiger partial charge is 0.0542 e. The molecule has 6 heteroatoms. The molecule has 0 aliphatic carbocycles. The molecule has 0 unspecified atom stereocenters. The molecule has 132 heavy (non-hydrogen) atoms. The topological polar surface area (TPSA) is 29.6 Å². The lowest BCUT2D eigenvalue weighted by atomic mass is 9.99. The summed E-state index contributed by atoms with van der Waals surface area (Å²) < 4.78 is 14.4. The van der Waals surface area contributed by atoms with Crippen LogP contribution in [-0.4, -0.2) is 27.4 Å². The minimum absolute atomic E-state index is 1.16. The van der Waals surface area contributed by atoms with Crippen molar-refractivity contribution in [2.24, 2.45) is 0 Å². The van der Waals surface area contributed by atoms with Gasteiger partial charge in [-0.1, -0.05) is 364 Å². The van der Waals surface area contributed by atoms with Crippen LogP contribution in [0.15, 0.2) is 510 Å². The molecule has 0 aliphatic heterocycles. The summed E-state index contributed by atoms with van der Waals surface area (Å²) in [4.78, 5) is 0. The van der Waals surface area contributed by atoms with E-state index in [9.17, 15) is 0 Å².